The van der Waals surface area contributed by atoms with E-state index in [1.165, 1.54) is 9.58 Å². The smallest absolute Gasteiger partial charge is 0.171 e. The molecule has 0 spiro atoms. The molecular weight excluding hydrogens is 380 g/mol. The normalized spacial score (nSPS) is 12.9. The fourth-order valence-corrected chi connectivity index (χ4v) is 4.12. The van der Waals surface area contributed by atoms with Crippen LogP contribution >= 0.6 is 22.9 Å². The molecule has 3 N–H and O–H groups in total. The predicted octanol–water partition coefficient (Wildman–Crippen LogP) is 4.94. The van der Waals surface area contributed by atoms with Crippen molar-refractivity contribution in [1.29, 1.82) is 0 Å². The summed E-state index contributed by atoms with van der Waals surface area (Å²) in [5.74, 6) is 1.62. The van der Waals surface area contributed by atoms with Gasteiger partial charge in [-0.15, -0.1) is 16.9 Å². The summed E-state index contributed by atoms with van der Waals surface area (Å²) in [6, 6.07) is 15.7. The van der Waals surface area contributed by atoms with E-state index < -0.39 is 0 Å². The number of rotatable bonds is 4. The second-order valence-corrected chi connectivity index (χ2v) is 7.75. The molecule has 0 bridgehead atoms. The Morgan fingerprint density at radius 3 is 2.85 bits per heavy atom. The number of fused-ring (bicyclic) bond motifs is 2. The van der Waals surface area contributed by atoms with Gasteiger partial charge in [0.05, 0.1) is 12.2 Å². The van der Waals surface area contributed by atoms with Crippen LogP contribution in [-0.4, -0.2) is 9.97 Å². The van der Waals surface area contributed by atoms with E-state index >= 15 is 0 Å². The zero-order valence-electron chi connectivity index (χ0n) is 14.1. The molecule has 4 heterocycles. The van der Waals surface area contributed by atoms with Gasteiger partial charge in [-0.25, -0.2) is 4.98 Å². The van der Waals surface area contributed by atoms with Gasteiger partial charge in [0.25, 0.3) is 0 Å². The molecule has 6 nitrogen and oxygen atoms in total. The van der Waals surface area contributed by atoms with Crippen molar-refractivity contribution >= 4 is 56.0 Å². The molecule has 0 aliphatic carbocycles. The summed E-state index contributed by atoms with van der Waals surface area (Å²) < 4.78 is 1.23. The zero-order valence-corrected chi connectivity index (χ0v) is 15.7. The highest BCUT2D eigenvalue weighted by Crippen LogP contribution is 2.32. The van der Waals surface area contributed by atoms with E-state index in [9.17, 15) is 0 Å². The number of hydrogen-bond acceptors (Lipinski definition) is 7. The molecule has 0 atom stereocenters. The number of nitrogens with zero attached hydrogens (tertiary/aromatic N) is 3. The third kappa shape index (κ3) is 3.28. The average molecular weight is 395 g/mol. The van der Waals surface area contributed by atoms with Crippen molar-refractivity contribution in [2.45, 2.75) is 6.54 Å². The number of aromatic nitrogens is 2. The molecule has 134 valence electrons. The van der Waals surface area contributed by atoms with Gasteiger partial charge >= 0.3 is 0 Å². The Bertz CT molecular complexity index is 1080. The van der Waals surface area contributed by atoms with E-state index in [0.717, 1.165) is 28.4 Å². The maximum Gasteiger partial charge on any atom is 0.171 e. The summed E-state index contributed by atoms with van der Waals surface area (Å²) in [5.41, 5.74) is 8.23. The lowest BCUT2D eigenvalue weighted by Gasteiger charge is -2.16. The highest BCUT2D eigenvalue weighted by atomic mass is 35.5. The molecule has 0 radical (unpaired) electrons. The Morgan fingerprint density at radius 1 is 1.11 bits per heavy atom. The third-order valence-corrected chi connectivity index (χ3v) is 5.61. The van der Waals surface area contributed by atoms with Crippen LogP contribution in [-0.2, 0) is 6.54 Å². The Kier molecular flexibility index (Phi) is 4.05. The summed E-state index contributed by atoms with van der Waals surface area (Å²) in [7, 11) is 0. The summed E-state index contributed by atoms with van der Waals surface area (Å²) in [5, 5.41) is 7.18. The van der Waals surface area contributed by atoms with Crippen LogP contribution in [0.5, 0.6) is 0 Å². The first-order valence-corrected chi connectivity index (χ1v) is 9.59. The number of anilines is 4. The molecule has 8 heteroatoms. The average Bonchev–Trinajstić information content (AvgIpc) is 3.27. The van der Waals surface area contributed by atoms with Crippen molar-refractivity contribution in [3.8, 4) is 0 Å². The second-order valence-electron chi connectivity index (χ2n) is 6.15. The minimum Gasteiger partial charge on any atom is -0.340 e. The maximum atomic E-state index is 5.95. The topological polar surface area (TPSA) is 65.1 Å². The SMILES string of the molecule is Clc1ccc(Nc2ccc3c(n2)N(Cc2cc4cnccc4s2)NN3)cc1. The van der Waals surface area contributed by atoms with Crippen LogP contribution in [0.25, 0.3) is 10.1 Å². The molecule has 0 fully saturated rings. The van der Waals surface area contributed by atoms with Crippen LogP contribution < -0.4 is 21.3 Å². The van der Waals surface area contributed by atoms with Gasteiger partial charge in [-0.1, -0.05) is 11.6 Å². The van der Waals surface area contributed by atoms with Crippen LogP contribution in [0.15, 0.2) is 60.9 Å². The first-order valence-electron chi connectivity index (χ1n) is 8.40. The molecule has 0 saturated carbocycles. The largest absolute Gasteiger partial charge is 0.340 e. The molecule has 3 aromatic heterocycles. The van der Waals surface area contributed by atoms with Gasteiger partial charge < -0.3 is 10.7 Å². The predicted molar refractivity (Wildman–Crippen MR) is 112 cm³/mol. The molecule has 0 amide bonds. The number of pyridine rings is 2. The van der Waals surface area contributed by atoms with Crippen LogP contribution in [0.3, 0.4) is 0 Å². The van der Waals surface area contributed by atoms with Crippen LogP contribution in [0.4, 0.5) is 23.0 Å². The zero-order chi connectivity index (χ0) is 18.2. The first kappa shape index (κ1) is 16.3. The number of thiophene rings is 1. The van der Waals surface area contributed by atoms with Crippen LogP contribution in [0.2, 0.25) is 5.02 Å². The molecule has 1 aromatic carbocycles. The van der Waals surface area contributed by atoms with Crippen LogP contribution in [0.1, 0.15) is 4.88 Å². The van der Waals surface area contributed by atoms with E-state index in [2.05, 4.69) is 27.3 Å². The van der Waals surface area contributed by atoms with Gasteiger partial charge in [0.15, 0.2) is 5.82 Å². The number of hydrazine groups is 2. The lowest BCUT2D eigenvalue weighted by molar-refractivity contribution is 0.724. The molecule has 5 rings (SSSR count). The quantitative estimate of drug-likeness (QED) is 0.455. The molecule has 27 heavy (non-hydrogen) atoms. The van der Waals surface area contributed by atoms with Gasteiger partial charge in [-0.2, -0.15) is 0 Å². The van der Waals surface area contributed by atoms with Crippen molar-refractivity contribution in [2.75, 3.05) is 15.8 Å². The fourth-order valence-electron chi connectivity index (χ4n) is 2.97. The minimum atomic E-state index is 0.705. The molecular formula is C19H15ClN6S. The van der Waals surface area contributed by atoms with Crippen molar-refractivity contribution < 1.29 is 0 Å². The second kappa shape index (κ2) is 6.70. The fraction of sp³-hybridized carbons (Fsp3) is 0.0526. The van der Waals surface area contributed by atoms with Crippen molar-refractivity contribution in [2.24, 2.45) is 0 Å². The van der Waals surface area contributed by atoms with E-state index in [0.29, 0.717) is 11.6 Å². The molecule has 0 unspecified atom stereocenters. The Balaban J connectivity index is 1.39. The number of nitrogens with one attached hydrogen (secondary N) is 3. The standard InChI is InChI=1S/C19H15ClN6S/c20-13-1-3-14(4-2-13)22-18-6-5-16-19(23-18)26(25-24-16)11-15-9-12-10-21-8-7-17(12)27-15/h1-10,24-25H,11H2,(H,22,23). The first-order chi connectivity index (χ1) is 13.2. The minimum absolute atomic E-state index is 0.705. The van der Waals surface area contributed by atoms with E-state index in [1.807, 2.05) is 59.9 Å². The lowest BCUT2D eigenvalue weighted by Crippen LogP contribution is -2.35. The third-order valence-electron chi connectivity index (χ3n) is 4.25. The summed E-state index contributed by atoms with van der Waals surface area (Å²) >= 11 is 7.71. The van der Waals surface area contributed by atoms with Crippen molar-refractivity contribution in [3.63, 3.8) is 0 Å². The molecule has 1 aliphatic rings. The Morgan fingerprint density at radius 2 is 2.00 bits per heavy atom. The summed E-state index contributed by atoms with van der Waals surface area (Å²) in [4.78, 5) is 10.2. The number of benzene rings is 1. The highest BCUT2D eigenvalue weighted by Gasteiger charge is 2.21. The van der Waals surface area contributed by atoms with Crippen molar-refractivity contribution in [3.05, 3.63) is 70.8 Å². The lowest BCUT2D eigenvalue weighted by atomic mass is 10.3. The van der Waals surface area contributed by atoms with Gasteiger partial charge in [-0.3, -0.25) is 9.99 Å². The van der Waals surface area contributed by atoms with Gasteiger partial charge in [-0.05, 0) is 48.5 Å². The van der Waals surface area contributed by atoms with E-state index in [4.69, 9.17) is 16.6 Å². The van der Waals surface area contributed by atoms with Crippen LogP contribution in [0, 0.1) is 0 Å². The van der Waals surface area contributed by atoms with Gasteiger partial charge in [0.2, 0.25) is 0 Å². The summed E-state index contributed by atoms with van der Waals surface area (Å²) in [6.45, 7) is 0.705. The number of halogens is 1. The van der Waals surface area contributed by atoms with E-state index in [-0.39, 0.29) is 0 Å². The summed E-state index contributed by atoms with van der Waals surface area (Å²) in [6.07, 6.45) is 3.72. The highest BCUT2D eigenvalue weighted by molar-refractivity contribution is 7.19. The van der Waals surface area contributed by atoms with Crippen molar-refractivity contribution in [1.82, 2.24) is 15.5 Å². The molecule has 4 aromatic rings. The Hall–Kier alpha value is -2.87. The molecule has 1 aliphatic heterocycles. The maximum absolute atomic E-state index is 5.95. The van der Waals surface area contributed by atoms with Gasteiger partial charge in [0.1, 0.15) is 5.82 Å². The monoisotopic (exact) mass is 394 g/mol. The van der Waals surface area contributed by atoms with Gasteiger partial charge in [0, 0.05) is 38.1 Å². The molecule has 0 saturated heterocycles. The Labute approximate surface area is 164 Å². The van der Waals surface area contributed by atoms with E-state index in [1.54, 1.807) is 11.3 Å². The number of hydrogen-bond donors (Lipinski definition) is 3.